The number of nitrogens with zero attached hydrogens (tertiary/aromatic N) is 1. The monoisotopic (exact) mass is 275 g/mol. The Balaban J connectivity index is 2.26. The van der Waals surface area contributed by atoms with Crippen LogP contribution in [0.2, 0.25) is 0 Å². The molecule has 0 bridgehead atoms. The Morgan fingerprint density at radius 2 is 2.10 bits per heavy atom. The molecule has 1 aromatic carbocycles. The molecule has 2 rings (SSSR count). The van der Waals surface area contributed by atoms with E-state index in [1.165, 1.54) is 0 Å². The number of fused-ring (bicyclic) bond motifs is 1. The van der Waals surface area contributed by atoms with Gasteiger partial charge in [-0.3, -0.25) is 4.79 Å². The lowest BCUT2D eigenvalue weighted by Gasteiger charge is -2.36. The highest BCUT2D eigenvalue weighted by molar-refractivity contribution is 5.79. The summed E-state index contributed by atoms with van der Waals surface area (Å²) in [5, 5.41) is 0. The molecule has 1 aliphatic heterocycles. The molecule has 4 heteroatoms. The van der Waals surface area contributed by atoms with Gasteiger partial charge in [-0.1, -0.05) is 18.2 Å². The standard InChI is InChI=1S/C16H21NO3/c1-11-13-7-5-6-12(10-18)14(13)8-9-17(11)15(19)20-16(2,3)4/h5-7,10-11H,8-9H2,1-4H3. The van der Waals surface area contributed by atoms with Crippen LogP contribution in [-0.2, 0) is 11.2 Å². The second kappa shape index (κ2) is 5.27. The summed E-state index contributed by atoms with van der Waals surface area (Å²) in [6.45, 7) is 8.12. The van der Waals surface area contributed by atoms with Crippen molar-refractivity contribution in [3.8, 4) is 0 Å². The predicted octanol–water partition coefficient (Wildman–Crippen LogP) is 3.35. The van der Waals surface area contributed by atoms with Crippen molar-refractivity contribution in [1.82, 2.24) is 4.90 Å². The number of rotatable bonds is 1. The molecule has 0 spiro atoms. The number of hydrogen-bond donors (Lipinski definition) is 0. The van der Waals surface area contributed by atoms with E-state index in [4.69, 9.17) is 4.74 Å². The maximum absolute atomic E-state index is 12.2. The van der Waals surface area contributed by atoms with Gasteiger partial charge in [0.2, 0.25) is 0 Å². The molecule has 0 saturated heterocycles. The molecule has 0 saturated carbocycles. The first-order chi connectivity index (χ1) is 9.33. The van der Waals surface area contributed by atoms with Crippen molar-refractivity contribution in [2.24, 2.45) is 0 Å². The topological polar surface area (TPSA) is 46.6 Å². The molecule has 1 unspecified atom stereocenters. The van der Waals surface area contributed by atoms with Crippen LogP contribution in [0.1, 0.15) is 55.2 Å². The van der Waals surface area contributed by atoms with Gasteiger partial charge in [-0.15, -0.1) is 0 Å². The first-order valence-electron chi connectivity index (χ1n) is 6.90. The number of carbonyl (C=O) groups excluding carboxylic acids is 2. The normalized spacial score (nSPS) is 18.4. The SMILES string of the molecule is CC1c2cccc(C=O)c2CCN1C(=O)OC(C)(C)C. The molecule has 1 atom stereocenters. The molecule has 1 amide bonds. The van der Waals surface area contributed by atoms with E-state index in [1.807, 2.05) is 45.9 Å². The molecule has 0 aliphatic carbocycles. The van der Waals surface area contributed by atoms with Crippen LogP contribution >= 0.6 is 0 Å². The summed E-state index contributed by atoms with van der Waals surface area (Å²) in [6, 6.07) is 5.58. The zero-order chi connectivity index (χ0) is 14.9. The maximum Gasteiger partial charge on any atom is 0.410 e. The summed E-state index contributed by atoms with van der Waals surface area (Å²) in [5.41, 5.74) is 2.31. The summed E-state index contributed by atoms with van der Waals surface area (Å²) < 4.78 is 5.44. The Bertz CT molecular complexity index is 531. The summed E-state index contributed by atoms with van der Waals surface area (Å²) in [5.74, 6) is 0. The van der Waals surface area contributed by atoms with E-state index in [2.05, 4.69) is 0 Å². The molecule has 0 N–H and O–H groups in total. The molecule has 108 valence electrons. The van der Waals surface area contributed by atoms with Gasteiger partial charge in [-0.2, -0.15) is 0 Å². The van der Waals surface area contributed by atoms with E-state index in [1.54, 1.807) is 4.90 Å². The fourth-order valence-electron chi connectivity index (χ4n) is 2.58. The number of carbonyl (C=O) groups is 2. The largest absolute Gasteiger partial charge is 0.444 e. The molecule has 1 aliphatic rings. The molecule has 0 aromatic heterocycles. The average Bonchev–Trinajstić information content (AvgIpc) is 2.36. The lowest BCUT2D eigenvalue weighted by atomic mass is 9.90. The van der Waals surface area contributed by atoms with Crippen molar-refractivity contribution in [2.75, 3.05) is 6.54 Å². The quantitative estimate of drug-likeness (QED) is 0.738. The average molecular weight is 275 g/mol. The van der Waals surface area contributed by atoms with Crippen molar-refractivity contribution >= 4 is 12.4 Å². The van der Waals surface area contributed by atoms with E-state index in [0.29, 0.717) is 13.0 Å². The number of benzene rings is 1. The lowest BCUT2D eigenvalue weighted by molar-refractivity contribution is 0.0159. The van der Waals surface area contributed by atoms with E-state index < -0.39 is 5.60 Å². The molecule has 1 aromatic rings. The van der Waals surface area contributed by atoms with Crippen LogP contribution in [0.4, 0.5) is 4.79 Å². The molecular formula is C16H21NO3. The summed E-state index contributed by atoms with van der Waals surface area (Å²) >= 11 is 0. The van der Waals surface area contributed by atoms with Gasteiger partial charge in [-0.25, -0.2) is 4.79 Å². The van der Waals surface area contributed by atoms with Crippen LogP contribution in [0, 0.1) is 0 Å². The number of hydrogen-bond acceptors (Lipinski definition) is 3. The van der Waals surface area contributed by atoms with Gasteiger partial charge in [0.15, 0.2) is 0 Å². The van der Waals surface area contributed by atoms with Gasteiger partial charge in [0.05, 0.1) is 6.04 Å². The van der Waals surface area contributed by atoms with Crippen molar-refractivity contribution in [1.29, 1.82) is 0 Å². The van der Waals surface area contributed by atoms with Crippen molar-refractivity contribution < 1.29 is 14.3 Å². The summed E-state index contributed by atoms with van der Waals surface area (Å²) in [4.78, 5) is 25.0. The smallest absolute Gasteiger partial charge is 0.410 e. The zero-order valence-electron chi connectivity index (χ0n) is 12.5. The van der Waals surface area contributed by atoms with Gasteiger partial charge in [0, 0.05) is 12.1 Å². The van der Waals surface area contributed by atoms with E-state index in [0.717, 1.165) is 23.0 Å². The third-order valence-corrected chi connectivity index (χ3v) is 3.52. The van der Waals surface area contributed by atoms with E-state index in [9.17, 15) is 9.59 Å². The van der Waals surface area contributed by atoms with Crippen molar-refractivity contribution in [3.63, 3.8) is 0 Å². The summed E-state index contributed by atoms with van der Waals surface area (Å²) in [6.07, 6.45) is 1.27. The van der Waals surface area contributed by atoms with Crippen LogP contribution in [-0.4, -0.2) is 29.4 Å². The van der Waals surface area contributed by atoms with Crippen molar-refractivity contribution in [2.45, 2.75) is 45.8 Å². The molecular weight excluding hydrogens is 254 g/mol. The first kappa shape index (κ1) is 14.6. The Kier molecular flexibility index (Phi) is 3.84. The third-order valence-electron chi connectivity index (χ3n) is 3.52. The highest BCUT2D eigenvalue weighted by Gasteiger charge is 2.31. The van der Waals surface area contributed by atoms with Gasteiger partial charge in [-0.05, 0) is 45.2 Å². The van der Waals surface area contributed by atoms with Crippen LogP contribution in [0.15, 0.2) is 18.2 Å². The maximum atomic E-state index is 12.2. The van der Waals surface area contributed by atoms with Gasteiger partial charge < -0.3 is 9.64 Å². The van der Waals surface area contributed by atoms with Gasteiger partial charge >= 0.3 is 6.09 Å². The number of aldehydes is 1. The second-order valence-electron chi connectivity index (χ2n) is 6.13. The van der Waals surface area contributed by atoms with Crippen LogP contribution < -0.4 is 0 Å². The number of amides is 1. The lowest BCUT2D eigenvalue weighted by Crippen LogP contribution is -2.42. The van der Waals surface area contributed by atoms with E-state index in [-0.39, 0.29) is 12.1 Å². The third kappa shape index (κ3) is 2.84. The fourth-order valence-corrected chi connectivity index (χ4v) is 2.58. The molecule has 0 radical (unpaired) electrons. The minimum Gasteiger partial charge on any atom is -0.444 e. The molecule has 20 heavy (non-hydrogen) atoms. The van der Waals surface area contributed by atoms with E-state index >= 15 is 0 Å². The summed E-state index contributed by atoms with van der Waals surface area (Å²) in [7, 11) is 0. The fraction of sp³-hybridized carbons (Fsp3) is 0.500. The number of ether oxygens (including phenoxy) is 1. The minimum atomic E-state index is -0.498. The van der Waals surface area contributed by atoms with Gasteiger partial charge in [0.1, 0.15) is 11.9 Å². The zero-order valence-corrected chi connectivity index (χ0v) is 12.5. The molecule has 1 heterocycles. The van der Waals surface area contributed by atoms with Crippen LogP contribution in [0.3, 0.4) is 0 Å². The van der Waals surface area contributed by atoms with Crippen LogP contribution in [0.25, 0.3) is 0 Å². The Labute approximate surface area is 119 Å². The Morgan fingerprint density at radius 1 is 1.40 bits per heavy atom. The molecule has 0 fully saturated rings. The highest BCUT2D eigenvalue weighted by atomic mass is 16.6. The second-order valence-corrected chi connectivity index (χ2v) is 6.13. The first-order valence-corrected chi connectivity index (χ1v) is 6.90. The van der Waals surface area contributed by atoms with Crippen LogP contribution in [0.5, 0.6) is 0 Å². The predicted molar refractivity (Wildman–Crippen MR) is 76.9 cm³/mol. The minimum absolute atomic E-state index is 0.0755. The Morgan fingerprint density at radius 3 is 2.70 bits per heavy atom. The highest BCUT2D eigenvalue weighted by Crippen LogP contribution is 2.31. The Hall–Kier alpha value is -1.84. The van der Waals surface area contributed by atoms with Gasteiger partial charge in [0.25, 0.3) is 0 Å². The van der Waals surface area contributed by atoms with Crippen molar-refractivity contribution in [3.05, 3.63) is 34.9 Å². The molecule has 4 nitrogen and oxygen atoms in total.